The summed E-state index contributed by atoms with van der Waals surface area (Å²) in [6.07, 6.45) is 1.91. The van der Waals surface area contributed by atoms with Gasteiger partial charge in [-0.05, 0) is 62.6 Å². The van der Waals surface area contributed by atoms with Gasteiger partial charge in [0.2, 0.25) is 0 Å². The molecule has 2 aromatic rings. The van der Waals surface area contributed by atoms with Gasteiger partial charge in [-0.25, -0.2) is 9.38 Å². The molecule has 3 rings (SSSR count). The van der Waals surface area contributed by atoms with E-state index in [1.807, 2.05) is 32.0 Å². The Bertz CT molecular complexity index is 857. The first-order chi connectivity index (χ1) is 14.6. The van der Waals surface area contributed by atoms with Gasteiger partial charge in [0, 0.05) is 31.4 Å². The Hall–Kier alpha value is -2.23. The van der Waals surface area contributed by atoms with Crippen molar-refractivity contribution in [1.29, 1.82) is 0 Å². The molecule has 0 aromatic heterocycles. The quantitative estimate of drug-likeness (QED) is 0.277. The van der Waals surface area contributed by atoms with Crippen molar-refractivity contribution in [3.8, 4) is 11.5 Å². The molecule has 1 fully saturated rings. The van der Waals surface area contributed by atoms with Crippen molar-refractivity contribution in [3.63, 3.8) is 0 Å². The Kier molecular flexibility index (Phi) is 10.2. The standard InChI is InChI=1S/C23H31FN4O2.HI/c1-3-25-23(26-16-17-8-9-21(29)22(14-17)30-4-2)27-19-10-12-28(13-11-19)20-7-5-6-18(24)15-20;/h5-9,14-15,19,29H,3-4,10-13,16H2,1-2H3,(H2,25,26,27);1H. The average molecular weight is 542 g/mol. The van der Waals surface area contributed by atoms with Gasteiger partial charge >= 0.3 is 0 Å². The van der Waals surface area contributed by atoms with Gasteiger partial charge in [0.15, 0.2) is 17.5 Å². The van der Waals surface area contributed by atoms with E-state index in [0.29, 0.717) is 24.9 Å². The second-order valence-electron chi connectivity index (χ2n) is 7.32. The number of rotatable bonds is 7. The van der Waals surface area contributed by atoms with E-state index in [1.165, 1.54) is 6.07 Å². The molecule has 31 heavy (non-hydrogen) atoms. The molecular weight excluding hydrogens is 510 g/mol. The summed E-state index contributed by atoms with van der Waals surface area (Å²) in [6.45, 7) is 7.42. The maximum Gasteiger partial charge on any atom is 0.191 e. The van der Waals surface area contributed by atoms with Crippen LogP contribution in [-0.2, 0) is 6.54 Å². The van der Waals surface area contributed by atoms with Gasteiger partial charge in [0.25, 0.3) is 0 Å². The Balaban J connectivity index is 0.00000341. The fraction of sp³-hybridized carbons (Fsp3) is 0.435. The minimum absolute atomic E-state index is 0. The highest BCUT2D eigenvalue weighted by molar-refractivity contribution is 14.0. The van der Waals surface area contributed by atoms with Crippen LogP contribution in [0.3, 0.4) is 0 Å². The number of anilines is 1. The average Bonchev–Trinajstić information content (AvgIpc) is 2.75. The molecule has 0 aliphatic carbocycles. The van der Waals surface area contributed by atoms with Crippen molar-refractivity contribution in [2.75, 3.05) is 31.1 Å². The van der Waals surface area contributed by atoms with E-state index in [2.05, 4.69) is 15.5 Å². The van der Waals surface area contributed by atoms with Crippen LogP contribution < -0.4 is 20.3 Å². The predicted octanol–water partition coefficient (Wildman–Crippen LogP) is 4.27. The number of piperidine rings is 1. The number of ether oxygens (including phenoxy) is 1. The summed E-state index contributed by atoms with van der Waals surface area (Å²) in [5.41, 5.74) is 1.90. The molecule has 0 saturated carbocycles. The zero-order valence-corrected chi connectivity index (χ0v) is 20.4. The van der Waals surface area contributed by atoms with Crippen molar-refractivity contribution in [3.05, 3.63) is 53.8 Å². The topological polar surface area (TPSA) is 69.1 Å². The predicted molar refractivity (Wildman–Crippen MR) is 134 cm³/mol. The van der Waals surface area contributed by atoms with Crippen LogP contribution in [0.25, 0.3) is 0 Å². The zero-order valence-electron chi connectivity index (χ0n) is 18.1. The highest BCUT2D eigenvalue weighted by Crippen LogP contribution is 2.27. The third-order valence-electron chi connectivity index (χ3n) is 5.10. The van der Waals surface area contributed by atoms with Gasteiger partial charge in [-0.3, -0.25) is 0 Å². The van der Waals surface area contributed by atoms with Gasteiger partial charge in [0.05, 0.1) is 13.2 Å². The van der Waals surface area contributed by atoms with Gasteiger partial charge in [-0.2, -0.15) is 0 Å². The largest absolute Gasteiger partial charge is 0.504 e. The SMILES string of the molecule is CCNC(=NCc1ccc(O)c(OCC)c1)NC1CCN(c2cccc(F)c2)CC1.I. The molecule has 1 aliphatic rings. The van der Waals surface area contributed by atoms with Gasteiger partial charge in [0.1, 0.15) is 5.82 Å². The smallest absolute Gasteiger partial charge is 0.191 e. The summed E-state index contributed by atoms with van der Waals surface area (Å²) < 4.78 is 18.9. The molecular formula is C23H32FIN4O2. The van der Waals surface area contributed by atoms with Crippen LogP contribution in [0.5, 0.6) is 11.5 Å². The Morgan fingerprint density at radius 3 is 2.65 bits per heavy atom. The first-order valence-corrected chi connectivity index (χ1v) is 10.6. The van der Waals surface area contributed by atoms with E-state index in [-0.39, 0.29) is 35.5 Å². The van der Waals surface area contributed by atoms with Crippen molar-refractivity contribution in [2.24, 2.45) is 4.99 Å². The minimum Gasteiger partial charge on any atom is -0.504 e. The van der Waals surface area contributed by atoms with Crippen LogP contribution in [0.15, 0.2) is 47.5 Å². The molecule has 0 amide bonds. The first-order valence-electron chi connectivity index (χ1n) is 10.6. The number of benzene rings is 2. The van der Waals surface area contributed by atoms with Crippen LogP contribution >= 0.6 is 24.0 Å². The lowest BCUT2D eigenvalue weighted by atomic mass is 10.0. The van der Waals surface area contributed by atoms with Crippen molar-refractivity contribution in [2.45, 2.75) is 39.3 Å². The van der Waals surface area contributed by atoms with E-state index in [4.69, 9.17) is 9.73 Å². The Labute approximate surface area is 200 Å². The molecule has 0 radical (unpaired) electrons. The van der Waals surface area contributed by atoms with Crippen LogP contribution in [0, 0.1) is 5.82 Å². The van der Waals surface area contributed by atoms with Gasteiger partial charge in [-0.1, -0.05) is 12.1 Å². The normalized spacial score (nSPS) is 14.7. The number of nitrogens with zero attached hydrogens (tertiary/aromatic N) is 2. The Morgan fingerprint density at radius 1 is 1.19 bits per heavy atom. The lowest BCUT2D eigenvalue weighted by Gasteiger charge is -2.34. The first kappa shape index (κ1) is 25.0. The lowest BCUT2D eigenvalue weighted by molar-refractivity contribution is 0.318. The van der Waals surface area contributed by atoms with Gasteiger partial charge in [-0.15, -0.1) is 24.0 Å². The summed E-state index contributed by atoms with van der Waals surface area (Å²) >= 11 is 0. The number of nitrogens with one attached hydrogen (secondary N) is 2. The monoisotopic (exact) mass is 542 g/mol. The Morgan fingerprint density at radius 2 is 1.97 bits per heavy atom. The van der Waals surface area contributed by atoms with Crippen LogP contribution in [0.1, 0.15) is 32.3 Å². The van der Waals surface area contributed by atoms with Crippen molar-refractivity contribution >= 4 is 35.6 Å². The third kappa shape index (κ3) is 7.45. The summed E-state index contributed by atoms with van der Waals surface area (Å²) in [5, 5.41) is 16.7. The molecule has 0 atom stereocenters. The van der Waals surface area contributed by atoms with Crippen LogP contribution in [0.4, 0.5) is 10.1 Å². The second-order valence-corrected chi connectivity index (χ2v) is 7.32. The van der Waals surface area contributed by atoms with Crippen molar-refractivity contribution < 1.29 is 14.2 Å². The molecule has 0 bridgehead atoms. The molecule has 8 heteroatoms. The van der Waals surface area contributed by atoms with E-state index in [0.717, 1.165) is 49.7 Å². The van der Waals surface area contributed by atoms with Gasteiger partial charge < -0.3 is 25.4 Å². The highest BCUT2D eigenvalue weighted by atomic mass is 127. The number of phenolic OH excluding ortho intramolecular Hbond substituents is 1. The lowest BCUT2D eigenvalue weighted by Crippen LogP contribution is -2.48. The van der Waals surface area contributed by atoms with E-state index in [9.17, 15) is 9.50 Å². The maximum absolute atomic E-state index is 13.5. The number of halogens is 2. The summed E-state index contributed by atoms with van der Waals surface area (Å²) in [5.74, 6) is 1.19. The molecule has 3 N–H and O–H groups in total. The molecule has 2 aromatic carbocycles. The number of guanidine groups is 1. The number of phenols is 1. The van der Waals surface area contributed by atoms with Crippen LogP contribution in [0.2, 0.25) is 0 Å². The number of aliphatic imine (C=N–C) groups is 1. The van der Waals surface area contributed by atoms with Crippen molar-refractivity contribution in [1.82, 2.24) is 10.6 Å². The number of hydrogen-bond acceptors (Lipinski definition) is 4. The fourth-order valence-electron chi connectivity index (χ4n) is 3.57. The molecule has 0 unspecified atom stereocenters. The molecule has 6 nitrogen and oxygen atoms in total. The van der Waals surface area contributed by atoms with E-state index in [1.54, 1.807) is 18.2 Å². The van der Waals surface area contributed by atoms with E-state index < -0.39 is 0 Å². The van der Waals surface area contributed by atoms with Crippen LogP contribution in [-0.4, -0.2) is 43.3 Å². The molecule has 170 valence electrons. The molecule has 1 saturated heterocycles. The number of hydrogen-bond donors (Lipinski definition) is 3. The summed E-state index contributed by atoms with van der Waals surface area (Å²) in [7, 11) is 0. The summed E-state index contributed by atoms with van der Waals surface area (Å²) in [6, 6.07) is 12.4. The number of aromatic hydroxyl groups is 1. The molecule has 1 aliphatic heterocycles. The maximum atomic E-state index is 13.5. The fourth-order valence-corrected chi connectivity index (χ4v) is 3.57. The second kappa shape index (κ2) is 12.6. The molecule has 1 heterocycles. The van der Waals surface area contributed by atoms with E-state index >= 15 is 0 Å². The minimum atomic E-state index is -0.198. The highest BCUT2D eigenvalue weighted by Gasteiger charge is 2.20. The molecule has 0 spiro atoms. The summed E-state index contributed by atoms with van der Waals surface area (Å²) in [4.78, 5) is 6.91. The zero-order chi connectivity index (χ0) is 21.3. The third-order valence-corrected chi connectivity index (χ3v) is 5.10.